The average Bonchev–Trinajstić information content (AvgIpc) is 2.33. The number of nitrogens with two attached hydrogens (primary N) is 1. The molecule has 2 rings (SSSR count). The van der Waals surface area contributed by atoms with Crippen molar-refractivity contribution < 1.29 is 9.53 Å². The molecule has 0 aliphatic carbocycles. The molecule has 2 N–H and O–H groups in total. The van der Waals surface area contributed by atoms with E-state index in [2.05, 4.69) is 0 Å². The van der Waals surface area contributed by atoms with Crippen molar-refractivity contribution in [2.24, 2.45) is 5.73 Å². The summed E-state index contributed by atoms with van der Waals surface area (Å²) in [5.74, 6) is -0.104. The van der Waals surface area contributed by atoms with Gasteiger partial charge in [-0.25, -0.2) is 0 Å². The monoisotopic (exact) mass is 274 g/mol. The number of carbonyl (C=O) groups is 1. The molecule has 17 heavy (non-hydrogen) atoms. The van der Waals surface area contributed by atoms with Gasteiger partial charge in [0, 0.05) is 12.2 Å². The predicted octanol–water partition coefficient (Wildman–Crippen LogP) is 1.68. The Morgan fingerprint density at radius 3 is 2.82 bits per heavy atom. The van der Waals surface area contributed by atoms with E-state index in [0.29, 0.717) is 28.8 Å². The van der Waals surface area contributed by atoms with Crippen LogP contribution in [-0.4, -0.2) is 31.7 Å². The zero-order valence-electron chi connectivity index (χ0n) is 9.03. The van der Waals surface area contributed by atoms with Crippen LogP contribution in [0.3, 0.4) is 0 Å². The number of rotatable bonds is 2. The van der Waals surface area contributed by atoms with Gasteiger partial charge in [0.25, 0.3) is 5.91 Å². The van der Waals surface area contributed by atoms with E-state index in [-0.39, 0.29) is 18.6 Å². The molecule has 92 valence electrons. The highest BCUT2D eigenvalue weighted by atomic mass is 35.5. The van der Waals surface area contributed by atoms with E-state index in [9.17, 15) is 4.79 Å². The van der Waals surface area contributed by atoms with E-state index in [0.717, 1.165) is 0 Å². The third-order valence-corrected chi connectivity index (χ3v) is 3.35. The zero-order chi connectivity index (χ0) is 12.4. The van der Waals surface area contributed by atoms with Crippen molar-refractivity contribution >= 4 is 34.8 Å². The summed E-state index contributed by atoms with van der Waals surface area (Å²) in [6.45, 7) is 0.862. The van der Waals surface area contributed by atoms with Crippen LogP contribution in [-0.2, 0) is 9.53 Å². The van der Waals surface area contributed by atoms with Crippen molar-refractivity contribution in [1.29, 1.82) is 0 Å². The van der Waals surface area contributed by atoms with Crippen LogP contribution in [0.1, 0.15) is 0 Å². The predicted molar refractivity (Wildman–Crippen MR) is 67.6 cm³/mol. The maximum Gasteiger partial charge on any atom is 0.253 e. The molecule has 0 aromatic heterocycles. The smallest absolute Gasteiger partial charge is 0.253 e. The number of anilines is 1. The van der Waals surface area contributed by atoms with Gasteiger partial charge in [-0.3, -0.25) is 4.79 Å². The van der Waals surface area contributed by atoms with Crippen LogP contribution in [0.15, 0.2) is 18.2 Å². The SMILES string of the molecule is NCC1CN(c2ccc(Cl)c(Cl)c2)C(=O)CO1. The number of carbonyl (C=O) groups excluding carboxylic acids is 1. The summed E-state index contributed by atoms with van der Waals surface area (Å²) in [6.07, 6.45) is -0.137. The minimum atomic E-state index is -0.137. The van der Waals surface area contributed by atoms with Gasteiger partial charge >= 0.3 is 0 Å². The molecule has 1 fully saturated rings. The second kappa shape index (κ2) is 5.23. The van der Waals surface area contributed by atoms with Gasteiger partial charge in [0.2, 0.25) is 0 Å². The van der Waals surface area contributed by atoms with E-state index >= 15 is 0 Å². The van der Waals surface area contributed by atoms with E-state index < -0.39 is 0 Å². The van der Waals surface area contributed by atoms with Crippen LogP contribution in [0.4, 0.5) is 5.69 Å². The first kappa shape index (κ1) is 12.6. The summed E-state index contributed by atoms with van der Waals surface area (Å²) >= 11 is 11.8. The zero-order valence-corrected chi connectivity index (χ0v) is 10.5. The van der Waals surface area contributed by atoms with Crippen molar-refractivity contribution in [2.45, 2.75) is 6.10 Å². The Morgan fingerprint density at radius 2 is 2.18 bits per heavy atom. The molecule has 1 aliphatic heterocycles. The van der Waals surface area contributed by atoms with Gasteiger partial charge < -0.3 is 15.4 Å². The normalized spacial score (nSPS) is 20.8. The highest BCUT2D eigenvalue weighted by molar-refractivity contribution is 6.42. The molecule has 0 saturated carbocycles. The second-order valence-electron chi connectivity index (χ2n) is 3.77. The molecule has 1 atom stereocenters. The van der Waals surface area contributed by atoms with Gasteiger partial charge in [0.15, 0.2) is 0 Å². The molecule has 0 radical (unpaired) electrons. The Balaban J connectivity index is 2.24. The minimum Gasteiger partial charge on any atom is -0.365 e. The molecule has 1 aromatic rings. The number of benzene rings is 1. The molecule has 1 saturated heterocycles. The Morgan fingerprint density at radius 1 is 1.41 bits per heavy atom. The number of halogens is 2. The third-order valence-electron chi connectivity index (χ3n) is 2.61. The molecule has 1 unspecified atom stereocenters. The van der Waals surface area contributed by atoms with Crippen LogP contribution in [0, 0.1) is 0 Å². The van der Waals surface area contributed by atoms with Crippen LogP contribution >= 0.6 is 23.2 Å². The van der Waals surface area contributed by atoms with Gasteiger partial charge in [-0.1, -0.05) is 23.2 Å². The second-order valence-corrected chi connectivity index (χ2v) is 4.59. The van der Waals surface area contributed by atoms with Crippen molar-refractivity contribution in [2.75, 3.05) is 24.6 Å². The van der Waals surface area contributed by atoms with Crippen molar-refractivity contribution in [3.63, 3.8) is 0 Å². The molecular weight excluding hydrogens is 263 g/mol. The summed E-state index contributed by atoms with van der Waals surface area (Å²) in [7, 11) is 0. The van der Waals surface area contributed by atoms with E-state index in [4.69, 9.17) is 33.7 Å². The van der Waals surface area contributed by atoms with E-state index in [1.54, 1.807) is 23.1 Å². The fraction of sp³-hybridized carbons (Fsp3) is 0.364. The highest BCUT2D eigenvalue weighted by Crippen LogP contribution is 2.28. The number of hydrogen-bond donors (Lipinski definition) is 1. The molecule has 1 aromatic carbocycles. The Hall–Kier alpha value is -0.810. The lowest BCUT2D eigenvalue weighted by atomic mass is 10.2. The fourth-order valence-electron chi connectivity index (χ4n) is 1.67. The van der Waals surface area contributed by atoms with E-state index in [1.807, 2.05) is 0 Å². The van der Waals surface area contributed by atoms with Crippen molar-refractivity contribution in [3.8, 4) is 0 Å². The molecule has 0 spiro atoms. The summed E-state index contributed by atoms with van der Waals surface area (Å²) in [6, 6.07) is 5.09. The number of hydrogen-bond acceptors (Lipinski definition) is 3. The number of morpholine rings is 1. The molecule has 1 amide bonds. The average molecular weight is 275 g/mol. The minimum absolute atomic E-state index is 0.0438. The van der Waals surface area contributed by atoms with Crippen LogP contribution in [0.25, 0.3) is 0 Å². The highest BCUT2D eigenvalue weighted by Gasteiger charge is 2.26. The molecule has 6 heteroatoms. The van der Waals surface area contributed by atoms with Crippen LogP contribution in [0.2, 0.25) is 10.0 Å². The van der Waals surface area contributed by atoms with E-state index in [1.165, 1.54) is 0 Å². The Kier molecular flexibility index (Phi) is 3.89. The largest absolute Gasteiger partial charge is 0.365 e. The quantitative estimate of drug-likeness (QED) is 0.893. The molecule has 0 bridgehead atoms. The van der Waals surface area contributed by atoms with Crippen LogP contribution in [0.5, 0.6) is 0 Å². The summed E-state index contributed by atoms with van der Waals surface area (Å²) in [5, 5.41) is 0.888. The van der Waals surface area contributed by atoms with Gasteiger partial charge in [-0.05, 0) is 18.2 Å². The first-order valence-electron chi connectivity index (χ1n) is 5.19. The summed E-state index contributed by atoms with van der Waals surface area (Å²) < 4.78 is 5.27. The molecule has 1 heterocycles. The van der Waals surface area contributed by atoms with Crippen molar-refractivity contribution in [1.82, 2.24) is 0 Å². The van der Waals surface area contributed by atoms with Crippen LogP contribution < -0.4 is 10.6 Å². The van der Waals surface area contributed by atoms with Gasteiger partial charge in [-0.2, -0.15) is 0 Å². The molecule has 4 nitrogen and oxygen atoms in total. The van der Waals surface area contributed by atoms with Gasteiger partial charge in [0.1, 0.15) is 6.61 Å². The first-order chi connectivity index (χ1) is 8.11. The van der Waals surface area contributed by atoms with Gasteiger partial charge in [0.05, 0.1) is 22.7 Å². The summed E-state index contributed by atoms with van der Waals surface area (Å²) in [4.78, 5) is 13.4. The van der Waals surface area contributed by atoms with Crippen molar-refractivity contribution in [3.05, 3.63) is 28.2 Å². The number of nitrogens with zero attached hydrogens (tertiary/aromatic N) is 1. The standard InChI is InChI=1S/C11H12Cl2N2O2/c12-9-2-1-7(3-10(9)13)15-5-8(4-14)17-6-11(15)16/h1-3,8H,4-6,14H2. The number of amides is 1. The molecular formula is C11H12Cl2N2O2. The topological polar surface area (TPSA) is 55.6 Å². The Labute approximate surface area is 109 Å². The lowest BCUT2D eigenvalue weighted by Crippen LogP contribution is -2.49. The summed E-state index contributed by atoms with van der Waals surface area (Å²) in [5.41, 5.74) is 6.25. The van der Waals surface area contributed by atoms with Gasteiger partial charge in [-0.15, -0.1) is 0 Å². The lowest BCUT2D eigenvalue weighted by molar-refractivity contribution is -0.128. The Bertz CT molecular complexity index is 439. The first-order valence-corrected chi connectivity index (χ1v) is 5.94. The third kappa shape index (κ3) is 2.72. The molecule has 1 aliphatic rings. The maximum atomic E-state index is 11.7. The lowest BCUT2D eigenvalue weighted by Gasteiger charge is -2.32. The fourth-order valence-corrected chi connectivity index (χ4v) is 1.96. The number of ether oxygens (including phenoxy) is 1. The maximum absolute atomic E-state index is 11.7.